The van der Waals surface area contributed by atoms with Crippen molar-refractivity contribution in [2.45, 2.75) is 38.7 Å². The molecule has 0 amide bonds. The zero-order valence-corrected chi connectivity index (χ0v) is 12.7. The summed E-state index contributed by atoms with van der Waals surface area (Å²) in [7, 11) is 0. The highest BCUT2D eigenvalue weighted by molar-refractivity contribution is 6.32. The van der Waals surface area contributed by atoms with E-state index in [-0.39, 0.29) is 6.79 Å². The summed E-state index contributed by atoms with van der Waals surface area (Å²) in [6.45, 7) is 2.26. The molecule has 2 aliphatic rings. The van der Waals surface area contributed by atoms with Crippen LogP contribution in [-0.4, -0.2) is 11.9 Å². The van der Waals surface area contributed by atoms with Crippen LogP contribution in [-0.2, 0) is 0 Å². The summed E-state index contributed by atoms with van der Waals surface area (Å²) in [4.78, 5) is 0. The maximum Gasteiger partial charge on any atom is 0.231 e. The molecule has 3 unspecified atom stereocenters. The zero-order valence-electron chi connectivity index (χ0n) is 11.9. The van der Waals surface area contributed by atoms with Crippen LogP contribution in [0.4, 0.5) is 0 Å². The molecule has 4 nitrogen and oxygen atoms in total. The van der Waals surface area contributed by atoms with Crippen LogP contribution >= 0.6 is 11.6 Å². The normalized spacial score (nSPS) is 29.0. The van der Waals surface area contributed by atoms with Gasteiger partial charge in [-0.25, -0.2) is 0 Å². The van der Waals surface area contributed by atoms with E-state index in [2.05, 4.69) is 13.0 Å². The molecule has 21 heavy (non-hydrogen) atoms. The van der Waals surface area contributed by atoms with Gasteiger partial charge in [0.25, 0.3) is 0 Å². The second-order valence-corrected chi connectivity index (χ2v) is 6.52. The molecule has 3 atom stereocenters. The molecule has 0 spiro atoms. The maximum absolute atomic E-state index is 10.8. The molecule has 3 rings (SSSR count). The molecule has 0 aromatic heterocycles. The van der Waals surface area contributed by atoms with Crippen LogP contribution < -0.4 is 9.47 Å². The van der Waals surface area contributed by atoms with Crippen LogP contribution in [0.5, 0.6) is 11.5 Å². The Morgan fingerprint density at radius 2 is 2.29 bits per heavy atom. The molecule has 0 bridgehead atoms. The lowest BCUT2D eigenvalue weighted by Crippen LogP contribution is -2.32. The third kappa shape index (κ3) is 2.45. The van der Waals surface area contributed by atoms with E-state index in [1.54, 1.807) is 12.1 Å². The number of nitriles is 1. The molecule has 1 aromatic carbocycles. The van der Waals surface area contributed by atoms with Gasteiger partial charge in [0.15, 0.2) is 11.5 Å². The molecule has 112 valence electrons. The summed E-state index contributed by atoms with van der Waals surface area (Å²) < 4.78 is 10.6. The molecule has 0 radical (unpaired) electrons. The standard InChI is InChI=1S/C16H18ClNO3/c1-10-3-2-4-16(7-10,8-18)15(19)11-5-12(17)14-13(6-11)20-9-21-14/h5-6,10,15,19H,2-4,7,9H2,1H3. The van der Waals surface area contributed by atoms with Gasteiger partial charge >= 0.3 is 0 Å². The molecule has 1 aromatic rings. The van der Waals surface area contributed by atoms with E-state index >= 15 is 0 Å². The number of halogens is 1. The Balaban J connectivity index is 1.96. The predicted molar refractivity (Wildman–Crippen MR) is 78.2 cm³/mol. The van der Waals surface area contributed by atoms with Crippen molar-refractivity contribution in [3.63, 3.8) is 0 Å². The Labute approximate surface area is 129 Å². The van der Waals surface area contributed by atoms with Crippen molar-refractivity contribution in [3.8, 4) is 17.6 Å². The lowest BCUT2D eigenvalue weighted by molar-refractivity contribution is 0.0218. The minimum absolute atomic E-state index is 0.134. The maximum atomic E-state index is 10.8. The van der Waals surface area contributed by atoms with E-state index in [1.807, 2.05) is 0 Å². The van der Waals surface area contributed by atoms with E-state index < -0.39 is 11.5 Å². The smallest absolute Gasteiger partial charge is 0.231 e. The molecule has 1 heterocycles. The van der Waals surface area contributed by atoms with E-state index in [0.717, 1.165) is 12.8 Å². The van der Waals surface area contributed by atoms with Gasteiger partial charge in [0.2, 0.25) is 6.79 Å². The van der Waals surface area contributed by atoms with E-state index in [4.69, 9.17) is 21.1 Å². The van der Waals surface area contributed by atoms with Gasteiger partial charge in [-0.05, 0) is 36.5 Å². The number of aliphatic hydroxyl groups excluding tert-OH is 1. The fourth-order valence-electron chi connectivity index (χ4n) is 3.47. The largest absolute Gasteiger partial charge is 0.454 e. The summed E-state index contributed by atoms with van der Waals surface area (Å²) in [5.74, 6) is 1.49. The van der Waals surface area contributed by atoms with E-state index in [1.165, 1.54) is 0 Å². The van der Waals surface area contributed by atoms with Crippen molar-refractivity contribution in [1.82, 2.24) is 0 Å². The highest BCUT2D eigenvalue weighted by Gasteiger charge is 2.43. The number of ether oxygens (including phenoxy) is 2. The highest BCUT2D eigenvalue weighted by Crippen LogP contribution is 2.50. The molecule has 1 N–H and O–H groups in total. The Hall–Kier alpha value is -1.44. The lowest BCUT2D eigenvalue weighted by atomic mass is 9.66. The van der Waals surface area contributed by atoms with Gasteiger partial charge < -0.3 is 14.6 Å². The fourth-order valence-corrected chi connectivity index (χ4v) is 3.74. The SMILES string of the molecule is CC1CCCC(C#N)(C(O)c2cc(Cl)c3c(c2)OCO3)C1. The van der Waals surface area contributed by atoms with Gasteiger partial charge in [0.05, 0.1) is 22.6 Å². The summed E-state index contributed by atoms with van der Waals surface area (Å²) in [6, 6.07) is 5.78. The van der Waals surface area contributed by atoms with Crippen LogP contribution in [0.15, 0.2) is 12.1 Å². The molecule has 0 saturated heterocycles. The van der Waals surface area contributed by atoms with Crippen LogP contribution in [0, 0.1) is 22.7 Å². The monoisotopic (exact) mass is 307 g/mol. The molecule has 1 saturated carbocycles. The number of rotatable bonds is 2. The van der Waals surface area contributed by atoms with Gasteiger partial charge in [-0.15, -0.1) is 0 Å². The molecule has 1 fully saturated rings. The average molecular weight is 308 g/mol. The fraction of sp³-hybridized carbons (Fsp3) is 0.562. The third-order valence-electron chi connectivity index (χ3n) is 4.54. The minimum atomic E-state index is -0.864. The van der Waals surface area contributed by atoms with Crippen molar-refractivity contribution in [2.75, 3.05) is 6.79 Å². The van der Waals surface area contributed by atoms with Crippen LogP contribution in [0.2, 0.25) is 5.02 Å². The molecular formula is C16H18ClNO3. The van der Waals surface area contributed by atoms with E-state index in [9.17, 15) is 10.4 Å². The number of nitrogens with zero attached hydrogens (tertiary/aromatic N) is 1. The van der Waals surface area contributed by atoms with Gasteiger partial charge in [-0.3, -0.25) is 0 Å². The number of aliphatic hydroxyl groups is 1. The van der Waals surface area contributed by atoms with Gasteiger partial charge in [-0.2, -0.15) is 5.26 Å². The Bertz CT molecular complexity index is 598. The van der Waals surface area contributed by atoms with Crippen molar-refractivity contribution < 1.29 is 14.6 Å². The molecule has 1 aliphatic heterocycles. The third-order valence-corrected chi connectivity index (χ3v) is 4.82. The molecular weight excluding hydrogens is 290 g/mol. The van der Waals surface area contributed by atoms with Crippen LogP contribution in [0.25, 0.3) is 0 Å². The minimum Gasteiger partial charge on any atom is -0.454 e. The Kier molecular flexibility index (Phi) is 3.73. The van der Waals surface area contributed by atoms with Crippen molar-refractivity contribution in [1.29, 1.82) is 5.26 Å². The lowest BCUT2D eigenvalue weighted by Gasteiger charge is -2.38. The summed E-state index contributed by atoms with van der Waals surface area (Å²) >= 11 is 6.18. The molecule has 5 heteroatoms. The molecule has 1 aliphatic carbocycles. The number of fused-ring (bicyclic) bond motifs is 1. The van der Waals surface area contributed by atoms with Crippen molar-refractivity contribution in [2.24, 2.45) is 11.3 Å². The Morgan fingerprint density at radius 3 is 3.00 bits per heavy atom. The summed E-state index contributed by atoms with van der Waals surface area (Å²) in [5.41, 5.74) is -0.116. The van der Waals surface area contributed by atoms with Gasteiger partial charge in [0.1, 0.15) is 0 Å². The zero-order chi connectivity index (χ0) is 15.0. The van der Waals surface area contributed by atoms with Crippen LogP contribution in [0.1, 0.15) is 44.3 Å². The summed E-state index contributed by atoms with van der Waals surface area (Å²) in [5, 5.41) is 20.9. The van der Waals surface area contributed by atoms with Crippen molar-refractivity contribution >= 4 is 11.6 Å². The van der Waals surface area contributed by atoms with Gasteiger partial charge in [0, 0.05) is 0 Å². The average Bonchev–Trinajstić information content (AvgIpc) is 2.95. The first kappa shape index (κ1) is 14.5. The first-order chi connectivity index (χ1) is 10.1. The predicted octanol–water partition coefficient (Wildman–Crippen LogP) is 3.82. The quantitative estimate of drug-likeness (QED) is 0.902. The topological polar surface area (TPSA) is 62.5 Å². The van der Waals surface area contributed by atoms with Gasteiger partial charge in [-0.1, -0.05) is 31.4 Å². The summed E-state index contributed by atoms with van der Waals surface area (Å²) in [6.07, 6.45) is 2.62. The highest BCUT2D eigenvalue weighted by atomic mass is 35.5. The van der Waals surface area contributed by atoms with Crippen molar-refractivity contribution in [3.05, 3.63) is 22.7 Å². The van der Waals surface area contributed by atoms with Crippen LogP contribution in [0.3, 0.4) is 0 Å². The second kappa shape index (κ2) is 5.40. The Morgan fingerprint density at radius 1 is 1.48 bits per heavy atom. The number of hydrogen-bond acceptors (Lipinski definition) is 4. The number of benzene rings is 1. The number of hydrogen-bond donors (Lipinski definition) is 1. The first-order valence-electron chi connectivity index (χ1n) is 7.24. The first-order valence-corrected chi connectivity index (χ1v) is 7.62. The van der Waals surface area contributed by atoms with E-state index in [0.29, 0.717) is 40.8 Å². The second-order valence-electron chi connectivity index (χ2n) is 6.11.